The molecule has 2 rings (SSSR count). The smallest absolute Gasteiger partial charge is 0.271 e. The molecule has 0 aliphatic carbocycles. The van der Waals surface area contributed by atoms with Crippen LogP contribution in [0.15, 0.2) is 48.5 Å². The van der Waals surface area contributed by atoms with E-state index in [1.165, 1.54) is 18.2 Å². The highest BCUT2D eigenvalue weighted by molar-refractivity contribution is 5.95. The zero-order valence-corrected chi connectivity index (χ0v) is 15.7. The molecule has 2 amide bonds. The first kappa shape index (κ1) is 20.8. The van der Waals surface area contributed by atoms with Crippen molar-refractivity contribution in [2.75, 3.05) is 37.4 Å². The van der Waals surface area contributed by atoms with Crippen LogP contribution in [0.5, 0.6) is 5.75 Å². The number of nitrogens with zero attached hydrogens (tertiary/aromatic N) is 2. The average molecular weight is 386 g/mol. The fraction of sp³-hybridized carbons (Fsp3) is 0.263. The Labute approximate surface area is 162 Å². The SMILES string of the molecule is CCN(CC(=O)Nc1cccc(OC)c1)CC(=O)Nc1cccc([N+](=O)[O-])c1. The number of rotatable bonds is 9. The average Bonchev–Trinajstić information content (AvgIpc) is 2.67. The van der Waals surface area contributed by atoms with Gasteiger partial charge >= 0.3 is 0 Å². The van der Waals surface area contributed by atoms with E-state index in [2.05, 4.69) is 10.6 Å². The van der Waals surface area contributed by atoms with Crippen molar-refractivity contribution in [3.05, 3.63) is 58.6 Å². The van der Waals surface area contributed by atoms with Gasteiger partial charge in [-0.05, 0) is 24.7 Å². The maximum atomic E-state index is 12.2. The summed E-state index contributed by atoms with van der Waals surface area (Å²) in [4.78, 5) is 36.4. The zero-order valence-electron chi connectivity index (χ0n) is 15.7. The summed E-state index contributed by atoms with van der Waals surface area (Å²) in [7, 11) is 1.54. The van der Waals surface area contributed by atoms with Gasteiger partial charge in [0.05, 0.1) is 25.1 Å². The number of methoxy groups -OCH3 is 1. The van der Waals surface area contributed by atoms with E-state index in [0.29, 0.717) is 23.7 Å². The number of likely N-dealkylation sites (N-methyl/N-ethyl adjacent to an activating group) is 1. The zero-order chi connectivity index (χ0) is 20.5. The number of hydrogen-bond acceptors (Lipinski definition) is 6. The number of non-ortho nitro benzene ring substituents is 1. The van der Waals surface area contributed by atoms with Crippen molar-refractivity contribution in [2.24, 2.45) is 0 Å². The number of ether oxygens (including phenoxy) is 1. The normalized spacial score (nSPS) is 10.4. The van der Waals surface area contributed by atoms with Gasteiger partial charge in [-0.1, -0.05) is 19.1 Å². The van der Waals surface area contributed by atoms with Crippen LogP contribution < -0.4 is 15.4 Å². The van der Waals surface area contributed by atoms with Gasteiger partial charge in [-0.15, -0.1) is 0 Å². The van der Waals surface area contributed by atoms with Crippen LogP contribution in [-0.2, 0) is 9.59 Å². The van der Waals surface area contributed by atoms with Crippen LogP contribution in [0.4, 0.5) is 17.1 Å². The molecule has 148 valence electrons. The molecule has 0 fully saturated rings. The van der Waals surface area contributed by atoms with Gasteiger partial charge in [-0.2, -0.15) is 0 Å². The Morgan fingerprint density at radius 3 is 2.14 bits per heavy atom. The van der Waals surface area contributed by atoms with Gasteiger partial charge in [0, 0.05) is 29.6 Å². The molecule has 0 atom stereocenters. The summed E-state index contributed by atoms with van der Waals surface area (Å²) in [5.41, 5.74) is 0.820. The number of carbonyl (C=O) groups is 2. The topological polar surface area (TPSA) is 114 Å². The third kappa shape index (κ3) is 6.36. The van der Waals surface area contributed by atoms with Crippen molar-refractivity contribution in [1.29, 1.82) is 0 Å². The molecule has 0 aromatic heterocycles. The molecule has 0 saturated heterocycles. The summed E-state index contributed by atoms with van der Waals surface area (Å²) >= 11 is 0. The maximum Gasteiger partial charge on any atom is 0.271 e. The Kier molecular flexibility index (Phi) is 7.46. The number of anilines is 2. The molecular formula is C19H22N4O5. The fourth-order valence-corrected chi connectivity index (χ4v) is 2.48. The van der Waals surface area contributed by atoms with E-state index < -0.39 is 4.92 Å². The first-order valence-corrected chi connectivity index (χ1v) is 8.62. The molecule has 0 heterocycles. The van der Waals surface area contributed by atoms with Crippen LogP contribution in [0.25, 0.3) is 0 Å². The number of hydrogen-bond donors (Lipinski definition) is 2. The van der Waals surface area contributed by atoms with Gasteiger partial charge < -0.3 is 15.4 Å². The van der Waals surface area contributed by atoms with Crippen LogP contribution in [0.1, 0.15) is 6.92 Å². The van der Waals surface area contributed by atoms with Gasteiger partial charge in [-0.3, -0.25) is 24.6 Å². The standard InChI is InChI=1S/C19H22N4O5/c1-3-22(13-19(25)21-15-7-5-9-17(11-15)28-2)12-18(24)20-14-6-4-8-16(10-14)23(26)27/h4-11H,3,12-13H2,1-2H3,(H,20,24)(H,21,25). The highest BCUT2D eigenvalue weighted by atomic mass is 16.6. The van der Waals surface area contributed by atoms with Crippen molar-refractivity contribution in [1.82, 2.24) is 4.90 Å². The minimum atomic E-state index is -0.531. The molecule has 0 spiro atoms. The Morgan fingerprint density at radius 1 is 1.04 bits per heavy atom. The van der Waals surface area contributed by atoms with Gasteiger partial charge in [-0.25, -0.2) is 0 Å². The predicted molar refractivity (Wildman–Crippen MR) is 105 cm³/mol. The number of benzene rings is 2. The van der Waals surface area contributed by atoms with Gasteiger partial charge in [0.1, 0.15) is 5.75 Å². The second-order valence-electron chi connectivity index (χ2n) is 5.94. The molecule has 9 heteroatoms. The molecule has 0 unspecified atom stereocenters. The summed E-state index contributed by atoms with van der Waals surface area (Å²) in [5.74, 6) is -0.00346. The molecule has 9 nitrogen and oxygen atoms in total. The lowest BCUT2D eigenvalue weighted by Gasteiger charge is -2.19. The van der Waals surface area contributed by atoms with Crippen LogP contribution in [0.3, 0.4) is 0 Å². The minimum Gasteiger partial charge on any atom is -0.497 e. The first-order chi connectivity index (χ1) is 13.4. The maximum absolute atomic E-state index is 12.2. The Morgan fingerprint density at radius 2 is 1.61 bits per heavy atom. The largest absolute Gasteiger partial charge is 0.497 e. The molecule has 0 bridgehead atoms. The number of nitro benzene ring substituents is 1. The second kappa shape index (κ2) is 10.0. The quantitative estimate of drug-likeness (QED) is 0.506. The molecular weight excluding hydrogens is 364 g/mol. The Bertz CT molecular complexity index is 856. The monoisotopic (exact) mass is 386 g/mol. The van der Waals surface area contributed by atoms with E-state index in [4.69, 9.17) is 4.74 Å². The molecule has 0 aliphatic heterocycles. The lowest BCUT2D eigenvalue weighted by molar-refractivity contribution is -0.384. The summed E-state index contributed by atoms with van der Waals surface area (Å²) < 4.78 is 5.11. The van der Waals surface area contributed by atoms with E-state index in [1.807, 2.05) is 6.92 Å². The molecule has 0 aliphatic rings. The minimum absolute atomic E-state index is 0.0231. The first-order valence-electron chi connectivity index (χ1n) is 8.62. The summed E-state index contributed by atoms with van der Waals surface area (Å²) in [6.45, 7) is 2.31. The van der Waals surface area contributed by atoms with E-state index in [1.54, 1.807) is 42.3 Å². The summed E-state index contributed by atoms with van der Waals surface area (Å²) in [5, 5.41) is 16.2. The third-order valence-corrected chi connectivity index (χ3v) is 3.88. The van der Waals surface area contributed by atoms with E-state index in [0.717, 1.165) is 0 Å². The highest BCUT2D eigenvalue weighted by Crippen LogP contribution is 2.17. The van der Waals surface area contributed by atoms with Crippen LogP contribution in [0, 0.1) is 10.1 Å². The molecule has 2 aromatic rings. The van der Waals surface area contributed by atoms with Crippen LogP contribution in [0.2, 0.25) is 0 Å². The predicted octanol–water partition coefficient (Wildman–Crippen LogP) is 2.50. The van der Waals surface area contributed by atoms with Gasteiger partial charge in [0.2, 0.25) is 11.8 Å². The van der Waals surface area contributed by atoms with Crippen molar-refractivity contribution in [2.45, 2.75) is 6.92 Å². The van der Waals surface area contributed by atoms with Crippen molar-refractivity contribution in [3.63, 3.8) is 0 Å². The number of nitro groups is 1. The highest BCUT2D eigenvalue weighted by Gasteiger charge is 2.15. The number of nitrogens with one attached hydrogen (secondary N) is 2. The van der Waals surface area contributed by atoms with E-state index in [9.17, 15) is 19.7 Å². The molecule has 2 aromatic carbocycles. The fourth-order valence-electron chi connectivity index (χ4n) is 2.48. The molecule has 0 saturated carbocycles. The molecule has 28 heavy (non-hydrogen) atoms. The summed E-state index contributed by atoms with van der Waals surface area (Å²) in [6.07, 6.45) is 0. The van der Waals surface area contributed by atoms with Crippen molar-refractivity contribution >= 4 is 28.9 Å². The molecule has 2 N–H and O–H groups in total. The van der Waals surface area contributed by atoms with Gasteiger partial charge in [0.15, 0.2) is 0 Å². The summed E-state index contributed by atoms with van der Waals surface area (Å²) in [6, 6.07) is 12.7. The van der Waals surface area contributed by atoms with Crippen molar-refractivity contribution < 1.29 is 19.2 Å². The molecule has 0 radical (unpaired) electrons. The lowest BCUT2D eigenvalue weighted by Crippen LogP contribution is -2.38. The number of amides is 2. The van der Waals surface area contributed by atoms with E-state index in [-0.39, 0.29) is 30.6 Å². The van der Waals surface area contributed by atoms with Crippen LogP contribution in [-0.4, -0.2) is 48.4 Å². The van der Waals surface area contributed by atoms with Gasteiger partial charge in [0.25, 0.3) is 5.69 Å². The van der Waals surface area contributed by atoms with Crippen LogP contribution >= 0.6 is 0 Å². The Hall–Kier alpha value is -3.46. The Balaban J connectivity index is 1.90. The van der Waals surface area contributed by atoms with E-state index >= 15 is 0 Å². The van der Waals surface area contributed by atoms with Crippen molar-refractivity contribution in [3.8, 4) is 5.75 Å². The second-order valence-corrected chi connectivity index (χ2v) is 5.94. The third-order valence-electron chi connectivity index (χ3n) is 3.88. The number of carbonyl (C=O) groups excluding carboxylic acids is 2. The lowest BCUT2D eigenvalue weighted by atomic mass is 10.2.